The standard InChI is InChI=1S/C20H31N3O4/c1-4-22-7-5-16(13-17(22)24)18(25)23-8-6-20(26,19(2,3)14-23)15-21-9-11-27-12-10-21/h5,7,13,26H,4,6,8-12,14-15H2,1-3H3/t20-/m1/s1. The van der Waals surface area contributed by atoms with E-state index in [1.165, 1.54) is 6.07 Å². The van der Waals surface area contributed by atoms with Crippen LogP contribution in [0.3, 0.4) is 0 Å². The van der Waals surface area contributed by atoms with E-state index in [0.717, 1.165) is 13.1 Å². The summed E-state index contributed by atoms with van der Waals surface area (Å²) in [4.78, 5) is 29.0. The number of ether oxygens (including phenoxy) is 1. The van der Waals surface area contributed by atoms with Gasteiger partial charge in [0.2, 0.25) is 0 Å². The predicted octanol–water partition coefficient (Wildman–Crippen LogP) is 0.804. The summed E-state index contributed by atoms with van der Waals surface area (Å²) in [5.41, 5.74) is -1.05. The Labute approximate surface area is 160 Å². The van der Waals surface area contributed by atoms with Crippen LogP contribution in [0.25, 0.3) is 0 Å². The van der Waals surface area contributed by atoms with Crippen molar-refractivity contribution in [3.8, 4) is 0 Å². The first-order valence-electron chi connectivity index (χ1n) is 9.78. The van der Waals surface area contributed by atoms with E-state index in [-0.39, 0.29) is 11.5 Å². The molecule has 1 aromatic rings. The van der Waals surface area contributed by atoms with Gasteiger partial charge in [0.25, 0.3) is 11.5 Å². The van der Waals surface area contributed by atoms with Crippen LogP contribution < -0.4 is 5.56 Å². The number of hydrogen-bond acceptors (Lipinski definition) is 5. The first kappa shape index (κ1) is 20.0. The second kappa shape index (κ2) is 7.73. The number of morpholine rings is 1. The number of aryl methyl sites for hydroxylation is 1. The van der Waals surface area contributed by atoms with Crippen LogP contribution in [0.2, 0.25) is 0 Å². The van der Waals surface area contributed by atoms with Crippen molar-refractivity contribution in [2.24, 2.45) is 5.41 Å². The highest BCUT2D eigenvalue weighted by Gasteiger charge is 2.49. The number of aromatic nitrogens is 1. The molecule has 0 aliphatic carbocycles. The molecule has 150 valence electrons. The second-order valence-electron chi connectivity index (χ2n) is 8.32. The molecule has 1 aromatic heterocycles. The van der Waals surface area contributed by atoms with Crippen LogP contribution in [-0.2, 0) is 11.3 Å². The molecular weight excluding hydrogens is 346 g/mol. The van der Waals surface area contributed by atoms with Crippen molar-refractivity contribution >= 4 is 5.91 Å². The molecule has 0 unspecified atom stereocenters. The van der Waals surface area contributed by atoms with Crippen molar-refractivity contribution in [3.05, 3.63) is 34.2 Å². The van der Waals surface area contributed by atoms with Crippen molar-refractivity contribution in [3.63, 3.8) is 0 Å². The van der Waals surface area contributed by atoms with Crippen LogP contribution in [0.5, 0.6) is 0 Å². The number of pyridine rings is 1. The van der Waals surface area contributed by atoms with E-state index in [9.17, 15) is 14.7 Å². The highest BCUT2D eigenvalue weighted by molar-refractivity contribution is 5.94. The fourth-order valence-corrected chi connectivity index (χ4v) is 4.04. The lowest BCUT2D eigenvalue weighted by atomic mass is 9.69. The number of carbonyl (C=O) groups excluding carboxylic acids is 1. The van der Waals surface area contributed by atoms with Gasteiger partial charge in [-0.1, -0.05) is 13.8 Å². The van der Waals surface area contributed by atoms with Gasteiger partial charge in [-0.2, -0.15) is 0 Å². The van der Waals surface area contributed by atoms with Gasteiger partial charge >= 0.3 is 0 Å². The van der Waals surface area contributed by atoms with Gasteiger partial charge in [0.05, 0.1) is 18.8 Å². The third-order valence-electron chi connectivity index (χ3n) is 6.10. The van der Waals surface area contributed by atoms with Crippen molar-refractivity contribution in [2.75, 3.05) is 45.9 Å². The minimum absolute atomic E-state index is 0.142. The Bertz CT molecular complexity index is 739. The molecule has 3 rings (SSSR count). The largest absolute Gasteiger partial charge is 0.388 e. The normalized spacial score (nSPS) is 26.1. The van der Waals surface area contributed by atoms with Gasteiger partial charge in [0.15, 0.2) is 0 Å². The maximum atomic E-state index is 12.9. The molecule has 0 bridgehead atoms. The molecule has 7 nitrogen and oxygen atoms in total. The van der Waals surface area contributed by atoms with Gasteiger partial charge in [0.1, 0.15) is 0 Å². The zero-order valence-electron chi connectivity index (χ0n) is 16.6. The van der Waals surface area contributed by atoms with Gasteiger partial charge < -0.3 is 19.3 Å². The number of nitrogens with zero attached hydrogens (tertiary/aromatic N) is 3. The van der Waals surface area contributed by atoms with E-state index in [1.54, 1.807) is 21.7 Å². The molecule has 0 radical (unpaired) electrons. The fourth-order valence-electron chi connectivity index (χ4n) is 4.04. The van der Waals surface area contributed by atoms with Crippen molar-refractivity contribution in [1.82, 2.24) is 14.4 Å². The van der Waals surface area contributed by atoms with E-state index in [0.29, 0.717) is 51.4 Å². The lowest BCUT2D eigenvalue weighted by molar-refractivity contribution is -0.133. The van der Waals surface area contributed by atoms with E-state index in [1.807, 2.05) is 20.8 Å². The summed E-state index contributed by atoms with van der Waals surface area (Å²) in [6.45, 7) is 11.1. The molecule has 1 atom stereocenters. The maximum Gasteiger partial charge on any atom is 0.254 e. The summed E-state index contributed by atoms with van der Waals surface area (Å²) >= 11 is 0. The topological polar surface area (TPSA) is 75.0 Å². The molecule has 0 saturated carbocycles. The van der Waals surface area contributed by atoms with E-state index >= 15 is 0 Å². The molecule has 2 aliphatic heterocycles. The monoisotopic (exact) mass is 377 g/mol. The Morgan fingerprint density at radius 2 is 1.96 bits per heavy atom. The van der Waals surface area contributed by atoms with E-state index < -0.39 is 11.0 Å². The van der Waals surface area contributed by atoms with Crippen LogP contribution in [0.4, 0.5) is 0 Å². The number of rotatable bonds is 4. The minimum atomic E-state index is -0.854. The average molecular weight is 377 g/mol. The first-order chi connectivity index (χ1) is 12.8. The molecule has 7 heteroatoms. The zero-order valence-corrected chi connectivity index (χ0v) is 16.6. The Morgan fingerprint density at radius 3 is 2.56 bits per heavy atom. The molecule has 2 saturated heterocycles. The Hall–Kier alpha value is -1.70. The quantitative estimate of drug-likeness (QED) is 0.840. The number of β-amino-alcohol motifs (C(OH)–C–C–N with tert-alkyl or cyclic N) is 1. The van der Waals surface area contributed by atoms with Gasteiger partial charge in [-0.05, 0) is 19.4 Å². The molecule has 3 heterocycles. The number of carbonyl (C=O) groups is 1. The molecule has 2 aliphatic rings. The van der Waals surface area contributed by atoms with Crippen molar-refractivity contribution in [1.29, 1.82) is 0 Å². The first-order valence-corrected chi connectivity index (χ1v) is 9.78. The van der Waals surface area contributed by atoms with Gasteiger partial charge in [-0.3, -0.25) is 14.5 Å². The van der Waals surface area contributed by atoms with E-state index in [4.69, 9.17) is 4.74 Å². The molecule has 2 fully saturated rings. The number of hydrogen-bond donors (Lipinski definition) is 1. The predicted molar refractivity (Wildman–Crippen MR) is 103 cm³/mol. The van der Waals surface area contributed by atoms with Crippen molar-refractivity contribution in [2.45, 2.75) is 39.3 Å². The highest BCUT2D eigenvalue weighted by Crippen LogP contribution is 2.39. The van der Waals surface area contributed by atoms with Gasteiger partial charge in [-0.25, -0.2) is 0 Å². The number of likely N-dealkylation sites (tertiary alicyclic amines) is 1. The summed E-state index contributed by atoms with van der Waals surface area (Å²) in [6.07, 6.45) is 2.19. The van der Waals surface area contributed by atoms with Gasteiger partial charge in [0, 0.05) is 62.5 Å². The summed E-state index contributed by atoms with van der Waals surface area (Å²) in [7, 11) is 0. The smallest absolute Gasteiger partial charge is 0.254 e. The highest BCUT2D eigenvalue weighted by atomic mass is 16.5. The number of aliphatic hydroxyl groups is 1. The average Bonchev–Trinajstić information content (AvgIpc) is 2.64. The summed E-state index contributed by atoms with van der Waals surface area (Å²) in [6, 6.07) is 3.11. The lowest BCUT2D eigenvalue weighted by Gasteiger charge is -2.52. The zero-order chi connectivity index (χ0) is 19.7. The Kier molecular flexibility index (Phi) is 5.74. The molecule has 0 aromatic carbocycles. The fraction of sp³-hybridized carbons (Fsp3) is 0.700. The van der Waals surface area contributed by atoms with Crippen molar-refractivity contribution < 1.29 is 14.6 Å². The van der Waals surface area contributed by atoms with E-state index in [2.05, 4.69) is 4.90 Å². The van der Waals surface area contributed by atoms with Crippen LogP contribution in [-0.4, -0.2) is 76.9 Å². The van der Waals surface area contributed by atoms with Crippen LogP contribution in [0, 0.1) is 5.41 Å². The molecule has 27 heavy (non-hydrogen) atoms. The Morgan fingerprint density at radius 1 is 1.26 bits per heavy atom. The summed E-state index contributed by atoms with van der Waals surface area (Å²) in [5.74, 6) is -0.142. The number of piperidine rings is 1. The summed E-state index contributed by atoms with van der Waals surface area (Å²) < 4.78 is 6.96. The third-order valence-corrected chi connectivity index (χ3v) is 6.10. The molecule has 0 spiro atoms. The van der Waals surface area contributed by atoms with Crippen LogP contribution in [0.1, 0.15) is 37.6 Å². The second-order valence-corrected chi connectivity index (χ2v) is 8.32. The molecular formula is C20H31N3O4. The van der Waals surface area contributed by atoms with Gasteiger partial charge in [-0.15, -0.1) is 0 Å². The third kappa shape index (κ3) is 4.10. The maximum absolute atomic E-state index is 12.9. The molecule has 1 N–H and O–H groups in total. The summed E-state index contributed by atoms with van der Waals surface area (Å²) in [5, 5.41) is 11.4. The lowest BCUT2D eigenvalue weighted by Crippen LogP contribution is -2.63. The SMILES string of the molecule is CCn1ccc(C(=O)N2CC[C@@](O)(CN3CCOCC3)C(C)(C)C2)cc1=O. The minimum Gasteiger partial charge on any atom is -0.388 e. The van der Waals surface area contributed by atoms with Crippen LogP contribution in [0.15, 0.2) is 23.1 Å². The number of amides is 1. The van der Waals surface area contributed by atoms with Crippen LogP contribution >= 0.6 is 0 Å². The molecule has 1 amide bonds. The Balaban J connectivity index is 1.71.